The van der Waals surface area contributed by atoms with E-state index in [2.05, 4.69) is 45.7 Å². The van der Waals surface area contributed by atoms with Gasteiger partial charge in [-0.15, -0.1) is 11.3 Å². The summed E-state index contributed by atoms with van der Waals surface area (Å²) < 4.78 is 0. The van der Waals surface area contributed by atoms with Gasteiger partial charge in [-0.25, -0.2) is 0 Å². The predicted molar refractivity (Wildman–Crippen MR) is 73.0 cm³/mol. The van der Waals surface area contributed by atoms with E-state index in [1.165, 1.54) is 15.3 Å². The largest absolute Gasteiger partial charge is 0.330 e. The first-order valence-corrected chi connectivity index (χ1v) is 6.60. The number of aryl methyl sites for hydroxylation is 2. The van der Waals surface area contributed by atoms with Gasteiger partial charge in [0.1, 0.15) is 0 Å². The lowest BCUT2D eigenvalue weighted by Crippen LogP contribution is -2.36. The highest BCUT2D eigenvalue weighted by molar-refractivity contribution is 7.12. The standard InChI is InChI=1S/C13H24N2S/c1-10-6-12(11(2)16-10)7-15(5)9-13(3,4)8-14/h6H,7-9,14H2,1-5H3. The van der Waals surface area contributed by atoms with Gasteiger partial charge in [0.05, 0.1) is 0 Å². The van der Waals surface area contributed by atoms with Crippen LogP contribution in [0.2, 0.25) is 0 Å². The van der Waals surface area contributed by atoms with Crippen LogP contribution in [0.15, 0.2) is 6.07 Å². The Balaban J connectivity index is 2.58. The van der Waals surface area contributed by atoms with Gasteiger partial charge in [-0.2, -0.15) is 0 Å². The molecule has 0 aliphatic carbocycles. The molecule has 2 nitrogen and oxygen atoms in total. The molecule has 0 saturated carbocycles. The van der Waals surface area contributed by atoms with Crippen LogP contribution in [0.25, 0.3) is 0 Å². The van der Waals surface area contributed by atoms with E-state index in [-0.39, 0.29) is 5.41 Å². The Morgan fingerprint density at radius 1 is 1.38 bits per heavy atom. The van der Waals surface area contributed by atoms with E-state index in [0.29, 0.717) is 0 Å². The van der Waals surface area contributed by atoms with Crippen molar-refractivity contribution in [2.24, 2.45) is 11.1 Å². The lowest BCUT2D eigenvalue weighted by molar-refractivity contribution is 0.210. The molecule has 1 aromatic rings. The summed E-state index contributed by atoms with van der Waals surface area (Å²) in [4.78, 5) is 5.20. The lowest BCUT2D eigenvalue weighted by Gasteiger charge is -2.28. The van der Waals surface area contributed by atoms with E-state index in [1.54, 1.807) is 0 Å². The SMILES string of the molecule is Cc1cc(CN(C)CC(C)(C)CN)c(C)s1. The second-order valence-corrected chi connectivity index (χ2v) is 6.94. The van der Waals surface area contributed by atoms with Crippen LogP contribution in [0.1, 0.15) is 29.2 Å². The van der Waals surface area contributed by atoms with Gasteiger partial charge in [0.25, 0.3) is 0 Å². The number of hydrogen-bond donors (Lipinski definition) is 1. The molecule has 0 fully saturated rings. The van der Waals surface area contributed by atoms with E-state index in [0.717, 1.165) is 19.6 Å². The minimum Gasteiger partial charge on any atom is -0.330 e. The third kappa shape index (κ3) is 3.89. The molecule has 0 unspecified atom stereocenters. The van der Waals surface area contributed by atoms with E-state index >= 15 is 0 Å². The molecule has 0 amide bonds. The van der Waals surface area contributed by atoms with Crippen LogP contribution in [0.5, 0.6) is 0 Å². The van der Waals surface area contributed by atoms with Crippen molar-refractivity contribution in [1.82, 2.24) is 4.90 Å². The van der Waals surface area contributed by atoms with Gasteiger partial charge < -0.3 is 10.6 Å². The quantitative estimate of drug-likeness (QED) is 0.857. The van der Waals surface area contributed by atoms with Gasteiger partial charge in [-0.1, -0.05) is 13.8 Å². The van der Waals surface area contributed by atoms with Gasteiger partial charge in [-0.3, -0.25) is 0 Å². The highest BCUT2D eigenvalue weighted by Crippen LogP contribution is 2.23. The molecule has 1 rings (SSSR count). The molecule has 0 saturated heterocycles. The zero-order chi connectivity index (χ0) is 12.3. The maximum atomic E-state index is 5.76. The highest BCUT2D eigenvalue weighted by atomic mass is 32.1. The summed E-state index contributed by atoms with van der Waals surface area (Å²) in [7, 11) is 2.17. The van der Waals surface area contributed by atoms with Gasteiger partial charge in [-0.05, 0) is 44.5 Å². The van der Waals surface area contributed by atoms with Crippen molar-refractivity contribution >= 4 is 11.3 Å². The van der Waals surface area contributed by atoms with Gasteiger partial charge in [0.2, 0.25) is 0 Å². The van der Waals surface area contributed by atoms with Gasteiger partial charge >= 0.3 is 0 Å². The van der Waals surface area contributed by atoms with Crippen LogP contribution >= 0.6 is 11.3 Å². The van der Waals surface area contributed by atoms with Crippen LogP contribution in [-0.4, -0.2) is 25.0 Å². The van der Waals surface area contributed by atoms with Crippen molar-refractivity contribution in [2.75, 3.05) is 20.1 Å². The van der Waals surface area contributed by atoms with Crippen molar-refractivity contribution in [2.45, 2.75) is 34.2 Å². The molecule has 0 aliphatic heterocycles. The number of thiophene rings is 1. The molecule has 0 spiro atoms. The Bertz CT molecular complexity index is 342. The van der Waals surface area contributed by atoms with Crippen molar-refractivity contribution in [1.29, 1.82) is 0 Å². The maximum Gasteiger partial charge on any atom is 0.0241 e. The number of nitrogens with zero attached hydrogens (tertiary/aromatic N) is 1. The molecule has 92 valence electrons. The summed E-state index contributed by atoms with van der Waals surface area (Å²) in [5.74, 6) is 0. The third-order valence-corrected chi connectivity index (χ3v) is 3.84. The second kappa shape index (κ2) is 5.30. The van der Waals surface area contributed by atoms with E-state index in [4.69, 9.17) is 5.73 Å². The fraction of sp³-hybridized carbons (Fsp3) is 0.692. The summed E-state index contributed by atoms with van der Waals surface area (Å²) in [5, 5.41) is 0. The maximum absolute atomic E-state index is 5.76. The van der Waals surface area contributed by atoms with Gasteiger partial charge in [0, 0.05) is 22.8 Å². The zero-order valence-corrected chi connectivity index (χ0v) is 11.9. The lowest BCUT2D eigenvalue weighted by atomic mass is 9.93. The molecule has 1 aromatic heterocycles. The summed E-state index contributed by atoms with van der Waals surface area (Å²) in [6, 6.07) is 2.30. The summed E-state index contributed by atoms with van der Waals surface area (Å²) in [6.07, 6.45) is 0. The molecular formula is C13H24N2S. The van der Waals surface area contributed by atoms with Crippen LogP contribution in [-0.2, 0) is 6.54 Å². The molecule has 0 bridgehead atoms. The molecule has 0 aromatic carbocycles. The normalized spacial score (nSPS) is 12.4. The Morgan fingerprint density at radius 3 is 2.44 bits per heavy atom. The molecule has 0 aliphatic rings. The van der Waals surface area contributed by atoms with Crippen LogP contribution in [0, 0.1) is 19.3 Å². The van der Waals surface area contributed by atoms with E-state index < -0.39 is 0 Å². The molecule has 0 atom stereocenters. The van der Waals surface area contributed by atoms with Crippen LogP contribution in [0.4, 0.5) is 0 Å². The molecule has 16 heavy (non-hydrogen) atoms. The fourth-order valence-electron chi connectivity index (χ4n) is 1.98. The fourth-order valence-corrected chi connectivity index (χ4v) is 2.92. The number of rotatable bonds is 5. The van der Waals surface area contributed by atoms with Crippen molar-refractivity contribution < 1.29 is 0 Å². The average Bonchev–Trinajstić information content (AvgIpc) is 2.44. The minimum atomic E-state index is 0.202. The van der Waals surface area contributed by atoms with E-state index in [1.807, 2.05) is 11.3 Å². The Morgan fingerprint density at radius 2 is 2.00 bits per heavy atom. The van der Waals surface area contributed by atoms with Crippen molar-refractivity contribution in [3.8, 4) is 0 Å². The minimum absolute atomic E-state index is 0.202. The van der Waals surface area contributed by atoms with Crippen molar-refractivity contribution in [3.05, 3.63) is 21.4 Å². The molecule has 2 N–H and O–H groups in total. The summed E-state index contributed by atoms with van der Waals surface area (Å²) in [5.41, 5.74) is 7.42. The Kier molecular flexibility index (Phi) is 4.53. The monoisotopic (exact) mass is 240 g/mol. The molecule has 3 heteroatoms. The van der Waals surface area contributed by atoms with Crippen molar-refractivity contribution in [3.63, 3.8) is 0 Å². The third-order valence-electron chi connectivity index (χ3n) is 2.83. The predicted octanol–water partition coefficient (Wildman–Crippen LogP) is 2.78. The molecule has 0 radical (unpaired) electrons. The number of nitrogens with two attached hydrogens (primary N) is 1. The zero-order valence-electron chi connectivity index (χ0n) is 11.1. The first-order chi connectivity index (χ1) is 7.34. The number of hydrogen-bond acceptors (Lipinski definition) is 3. The highest BCUT2D eigenvalue weighted by Gasteiger charge is 2.18. The van der Waals surface area contributed by atoms with Gasteiger partial charge in [0.15, 0.2) is 0 Å². The topological polar surface area (TPSA) is 29.3 Å². The Hall–Kier alpha value is -0.380. The summed E-state index contributed by atoms with van der Waals surface area (Å²) in [6.45, 7) is 11.6. The smallest absolute Gasteiger partial charge is 0.0241 e. The molecular weight excluding hydrogens is 216 g/mol. The van der Waals surface area contributed by atoms with E-state index in [9.17, 15) is 0 Å². The van der Waals surface area contributed by atoms with Crippen LogP contribution < -0.4 is 5.73 Å². The van der Waals surface area contributed by atoms with Crippen LogP contribution in [0.3, 0.4) is 0 Å². The molecule has 1 heterocycles. The second-order valence-electron chi connectivity index (χ2n) is 5.48. The first-order valence-electron chi connectivity index (χ1n) is 5.78. The first kappa shape index (κ1) is 13.7. The summed E-state index contributed by atoms with van der Waals surface area (Å²) >= 11 is 1.88. The average molecular weight is 240 g/mol. The Labute approximate surface area is 103 Å².